The van der Waals surface area contributed by atoms with Crippen LogP contribution in [-0.2, 0) is 4.74 Å². The van der Waals surface area contributed by atoms with Crippen molar-refractivity contribution < 1.29 is 14.2 Å². The largest absolute Gasteiger partial charge is 0.493 e. The number of rotatable bonds is 7. The maximum absolute atomic E-state index is 6.03. The Morgan fingerprint density at radius 3 is 2.71 bits per heavy atom. The molecule has 1 saturated carbocycles. The monoisotopic (exact) mass is 291 g/mol. The predicted octanol–water partition coefficient (Wildman–Crippen LogP) is 2.68. The Labute approximate surface area is 126 Å². The molecular formula is C17H25NO3. The van der Waals surface area contributed by atoms with Gasteiger partial charge in [-0.3, -0.25) is 0 Å². The van der Waals surface area contributed by atoms with Crippen molar-refractivity contribution in [3.05, 3.63) is 23.8 Å². The van der Waals surface area contributed by atoms with Gasteiger partial charge in [0.05, 0.1) is 19.3 Å². The average molecular weight is 291 g/mol. The number of benzene rings is 1. The number of ether oxygens (including phenoxy) is 3. The zero-order valence-electron chi connectivity index (χ0n) is 12.9. The van der Waals surface area contributed by atoms with Crippen LogP contribution in [0.3, 0.4) is 0 Å². The standard InChI is InChI=1S/C17H25NO3/c1-12-3-8-16(17(9-12)19-2)20-11-15-7-6-14(21-15)10-18-13-4-5-13/h3,8-9,13-15,18H,4-7,10-11H2,1-2H3. The number of nitrogens with one attached hydrogen (secondary N) is 1. The first-order chi connectivity index (χ1) is 10.2. The molecule has 2 fully saturated rings. The summed E-state index contributed by atoms with van der Waals surface area (Å²) in [4.78, 5) is 0. The van der Waals surface area contributed by atoms with Gasteiger partial charge in [-0.1, -0.05) is 6.07 Å². The second kappa shape index (κ2) is 6.67. The minimum absolute atomic E-state index is 0.196. The van der Waals surface area contributed by atoms with Gasteiger partial charge in [0.2, 0.25) is 0 Å². The third-order valence-corrected chi connectivity index (χ3v) is 4.15. The van der Waals surface area contributed by atoms with E-state index in [0.29, 0.717) is 12.7 Å². The predicted molar refractivity (Wildman–Crippen MR) is 82.1 cm³/mol. The molecule has 4 heteroatoms. The SMILES string of the molecule is COc1cc(C)ccc1OCC1CCC(CNC2CC2)O1. The Bertz CT molecular complexity index is 473. The van der Waals surface area contributed by atoms with E-state index >= 15 is 0 Å². The van der Waals surface area contributed by atoms with Crippen LogP contribution >= 0.6 is 0 Å². The van der Waals surface area contributed by atoms with Crippen LogP contribution in [0.4, 0.5) is 0 Å². The van der Waals surface area contributed by atoms with Crippen molar-refractivity contribution in [3.8, 4) is 11.5 Å². The maximum Gasteiger partial charge on any atom is 0.161 e. The zero-order valence-corrected chi connectivity index (χ0v) is 12.9. The van der Waals surface area contributed by atoms with E-state index in [4.69, 9.17) is 14.2 Å². The summed E-state index contributed by atoms with van der Waals surface area (Å²) in [5.41, 5.74) is 1.17. The molecule has 0 radical (unpaired) electrons. The molecule has 0 aromatic heterocycles. The Kier molecular flexibility index (Phi) is 4.66. The summed E-state index contributed by atoms with van der Waals surface area (Å²) >= 11 is 0. The Hall–Kier alpha value is -1.26. The van der Waals surface area contributed by atoms with E-state index < -0.39 is 0 Å². The Balaban J connectivity index is 1.44. The van der Waals surface area contributed by atoms with Crippen molar-refractivity contribution in [1.82, 2.24) is 5.32 Å². The molecule has 0 amide bonds. The quantitative estimate of drug-likeness (QED) is 0.838. The first kappa shape index (κ1) is 14.7. The van der Waals surface area contributed by atoms with Gasteiger partial charge in [-0.15, -0.1) is 0 Å². The van der Waals surface area contributed by atoms with Gasteiger partial charge in [-0.2, -0.15) is 0 Å². The molecule has 1 aromatic rings. The van der Waals surface area contributed by atoms with Crippen LogP contribution in [-0.4, -0.2) is 38.5 Å². The van der Waals surface area contributed by atoms with Gasteiger partial charge in [-0.05, 0) is 50.3 Å². The lowest BCUT2D eigenvalue weighted by Crippen LogP contribution is -2.29. The van der Waals surface area contributed by atoms with Crippen molar-refractivity contribution in [2.45, 2.75) is 50.9 Å². The lowest BCUT2D eigenvalue weighted by Gasteiger charge is -2.16. The molecule has 21 heavy (non-hydrogen) atoms. The molecule has 2 unspecified atom stereocenters. The molecule has 1 aliphatic carbocycles. The van der Waals surface area contributed by atoms with E-state index in [0.717, 1.165) is 36.9 Å². The van der Waals surface area contributed by atoms with Crippen LogP contribution in [0.15, 0.2) is 18.2 Å². The van der Waals surface area contributed by atoms with Crippen molar-refractivity contribution in [1.29, 1.82) is 0 Å². The zero-order chi connectivity index (χ0) is 14.7. The smallest absolute Gasteiger partial charge is 0.161 e. The fourth-order valence-electron chi connectivity index (χ4n) is 2.72. The first-order valence-corrected chi connectivity index (χ1v) is 7.91. The highest BCUT2D eigenvalue weighted by Gasteiger charge is 2.28. The van der Waals surface area contributed by atoms with Crippen LogP contribution in [0, 0.1) is 6.92 Å². The summed E-state index contributed by atoms with van der Waals surface area (Å²) in [6.45, 7) is 3.62. The molecule has 1 N–H and O–H groups in total. The van der Waals surface area contributed by atoms with E-state index in [1.807, 2.05) is 25.1 Å². The highest BCUT2D eigenvalue weighted by Crippen LogP contribution is 2.29. The molecule has 0 spiro atoms. The van der Waals surface area contributed by atoms with E-state index in [1.54, 1.807) is 7.11 Å². The number of hydrogen-bond donors (Lipinski definition) is 1. The van der Waals surface area contributed by atoms with Gasteiger partial charge < -0.3 is 19.5 Å². The van der Waals surface area contributed by atoms with E-state index in [1.165, 1.54) is 18.4 Å². The third-order valence-electron chi connectivity index (χ3n) is 4.15. The van der Waals surface area contributed by atoms with Crippen molar-refractivity contribution in [3.63, 3.8) is 0 Å². The summed E-state index contributed by atoms with van der Waals surface area (Å²) in [6.07, 6.45) is 5.39. The maximum atomic E-state index is 6.03. The lowest BCUT2D eigenvalue weighted by atomic mass is 10.2. The van der Waals surface area contributed by atoms with Crippen molar-refractivity contribution >= 4 is 0 Å². The molecule has 1 aliphatic heterocycles. The minimum atomic E-state index is 0.196. The number of hydrogen-bond acceptors (Lipinski definition) is 4. The number of aryl methyl sites for hydroxylation is 1. The van der Waals surface area contributed by atoms with Crippen molar-refractivity contribution in [2.75, 3.05) is 20.3 Å². The number of methoxy groups -OCH3 is 1. The molecule has 116 valence electrons. The molecule has 2 aliphatic rings. The molecule has 0 bridgehead atoms. The lowest BCUT2D eigenvalue weighted by molar-refractivity contribution is 0.0179. The van der Waals surface area contributed by atoms with Crippen LogP contribution < -0.4 is 14.8 Å². The molecule has 2 atom stereocenters. The van der Waals surface area contributed by atoms with Gasteiger partial charge in [0.25, 0.3) is 0 Å². The molecule has 1 saturated heterocycles. The van der Waals surface area contributed by atoms with Gasteiger partial charge in [-0.25, -0.2) is 0 Å². The van der Waals surface area contributed by atoms with Crippen LogP contribution in [0.25, 0.3) is 0 Å². The summed E-state index contributed by atoms with van der Waals surface area (Å²) in [7, 11) is 1.67. The fraction of sp³-hybridized carbons (Fsp3) is 0.647. The summed E-state index contributed by atoms with van der Waals surface area (Å²) < 4.78 is 17.3. The topological polar surface area (TPSA) is 39.7 Å². The van der Waals surface area contributed by atoms with E-state index in [-0.39, 0.29) is 6.10 Å². The molecular weight excluding hydrogens is 266 g/mol. The van der Waals surface area contributed by atoms with E-state index in [2.05, 4.69) is 5.32 Å². The fourth-order valence-corrected chi connectivity index (χ4v) is 2.72. The summed E-state index contributed by atoms with van der Waals surface area (Å²) in [5.74, 6) is 1.59. The van der Waals surface area contributed by atoms with Crippen LogP contribution in [0.2, 0.25) is 0 Å². The minimum Gasteiger partial charge on any atom is -0.493 e. The Morgan fingerprint density at radius 1 is 1.14 bits per heavy atom. The molecule has 1 heterocycles. The Morgan fingerprint density at radius 2 is 1.95 bits per heavy atom. The molecule has 1 aromatic carbocycles. The second-order valence-electron chi connectivity index (χ2n) is 6.11. The van der Waals surface area contributed by atoms with Crippen molar-refractivity contribution in [2.24, 2.45) is 0 Å². The summed E-state index contributed by atoms with van der Waals surface area (Å²) in [5, 5.41) is 3.53. The van der Waals surface area contributed by atoms with Crippen LogP contribution in [0.5, 0.6) is 11.5 Å². The molecule has 4 nitrogen and oxygen atoms in total. The highest BCUT2D eigenvalue weighted by atomic mass is 16.6. The first-order valence-electron chi connectivity index (χ1n) is 7.91. The van der Waals surface area contributed by atoms with Gasteiger partial charge >= 0.3 is 0 Å². The second-order valence-corrected chi connectivity index (χ2v) is 6.11. The highest BCUT2D eigenvalue weighted by molar-refractivity contribution is 5.42. The van der Waals surface area contributed by atoms with Gasteiger partial charge in [0.15, 0.2) is 11.5 Å². The normalized spacial score (nSPS) is 25.0. The van der Waals surface area contributed by atoms with Crippen LogP contribution in [0.1, 0.15) is 31.2 Å². The van der Waals surface area contributed by atoms with E-state index in [9.17, 15) is 0 Å². The third kappa shape index (κ3) is 4.11. The summed E-state index contributed by atoms with van der Waals surface area (Å²) in [6, 6.07) is 6.75. The molecule has 3 rings (SSSR count). The van der Waals surface area contributed by atoms with Gasteiger partial charge in [0.1, 0.15) is 6.61 Å². The van der Waals surface area contributed by atoms with Gasteiger partial charge in [0, 0.05) is 12.6 Å². The average Bonchev–Trinajstić information content (AvgIpc) is 3.22.